The van der Waals surface area contributed by atoms with Gasteiger partial charge in [0.05, 0.1) is 6.04 Å². The number of nitrogens with zero attached hydrogens (tertiary/aromatic N) is 3. The number of thiazole rings is 1. The fourth-order valence-corrected chi connectivity index (χ4v) is 4.18. The number of hydrogen-bond acceptors (Lipinski definition) is 5. The summed E-state index contributed by atoms with van der Waals surface area (Å²) in [7, 11) is 0. The number of carbonyl (C=O) groups excluding carboxylic acids is 1. The first kappa shape index (κ1) is 17.9. The molecule has 1 unspecified atom stereocenters. The fourth-order valence-electron chi connectivity index (χ4n) is 3.45. The maximum absolute atomic E-state index is 12.5. The number of fused-ring (bicyclic) bond motifs is 1. The van der Waals surface area contributed by atoms with Crippen LogP contribution in [-0.2, 0) is 4.79 Å². The van der Waals surface area contributed by atoms with Crippen LogP contribution in [0.15, 0.2) is 54.0 Å². The fraction of sp³-hybridized carbons (Fsp3) is 0.333. The molecule has 2 heterocycles. The molecule has 1 saturated heterocycles. The molecule has 0 saturated carbocycles. The summed E-state index contributed by atoms with van der Waals surface area (Å²) in [6.45, 7) is 5.45. The Bertz CT molecular complexity index is 905. The molecule has 5 nitrogen and oxygen atoms in total. The molecule has 4 rings (SSSR count). The van der Waals surface area contributed by atoms with Crippen molar-refractivity contribution < 1.29 is 9.53 Å². The molecule has 1 fully saturated rings. The van der Waals surface area contributed by atoms with Crippen LogP contribution in [-0.4, -0.2) is 53.5 Å². The number of piperazine rings is 1. The number of benzene rings is 2. The third-order valence-electron chi connectivity index (χ3n) is 5.11. The largest absolute Gasteiger partial charge is 0.484 e. The Morgan fingerprint density at radius 3 is 2.67 bits per heavy atom. The first-order valence-corrected chi connectivity index (χ1v) is 10.1. The molecule has 1 atom stereocenters. The maximum Gasteiger partial charge on any atom is 0.260 e. The molecule has 1 aliphatic rings. The molecule has 6 heteroatoms. The van der Waals surface area contributed by atoms with Gasteiger partial charge in [0.2, 0.25) is 0 Å². The third-order valence-corrected chi connectivity index (χ3v) is 6.05. The average Bonchev–Trinajstić information content (AvgIpc) is 3.26. The van der Waals surface area contributed by atoms with Crippen LogP contribution in [0, 0.1) is 0 Å². The minimum Gasteiger partial charge on any atom is -0.484 e. The zero-order valence-corrected chi connectivity index (χ0v) is 16.2. The van der Waals surface area contributed by atoms with Crippen molar-refractivity contribution in [2.75, 3.05) is 32.8 Å². The van der Waals surface area contributed by atoms with Gasteiger partial charge in [-0.15, -0.1) is 11.3 Å². The van der Waals surface area contributed by atoms with Gasteiger partial charge < -0.3 is 9.64 Å². The zero-order chi connectivity index (χ0) is 18.6. The van der Waals surface area contributed by atoms with Gasteiger partial charge >= 0.3 is 0 Å². The van der Waals surface area contributed by atoms with E-state index in [1.165, 1.54) is 5.39 Å². The lowest BCUT2D eigenvalue weighted by Gasteiger charge is -2.37. The van der Waals surface area contributed by atoms with Gasteiger partial charge in [-0.1, -0.05) is 30.3 Å². The van der Waals surface area contributed by atoms with Crippen LogP contribution < -0.4 is 4.74 Å². The second-order valence-corrected chi connectivity index (χ2v) is 7.69. The lowest BCUT2D eigenvalue weighted by molar-refractivity contribution is -0.135. The van der Waals surface area contributed by atoms with Crippen molar-refractivity contribution in [2.24, 2.45) is 0 Å². The Balaban J connectivity index is 1.29. The molecule has 3 aromatic rings. The lowest BCUT2D eigenvalue weighted by atomic mass is 10.1. The van der Waals surface area contributed by atoms with Crippen LogP contribution in [0.2, 0.25) is 0 Å². The van der Waals surface area contributed by atoms with Crippen molar-refractivity contribution in [1.29, 1.82) is 0 Å². The molecule has 1 aliphatic heterocycles. The Hall–Kier alpha value is -2.44. The zero-order valence-electron chi connectivity index (χ0n) is 15.4. The Morgan fingerprint density at radius 1 is 1.15 bits per heavy atom. The molecule has 0 spiro atoms. The highest BCUT2D eigenvalue weighted by molar-refractivity contribution is 7.09. The van der Waals surface area contributed by atoms with E-state index in [9.17, 15) is 4.79 Å². The summed E-state index contributed by atoms with van der Waals surface area (Å²) in [5, 5.41) is 5.43. The number of ether oxygens (including phenoxy) is 1. The van der Waals surface area contributed by atoms with E-state index >= 15 is 0 Å². The summed E-state index contributed by atoms with van der Waals surface area (Å²) in [4.78, 5) is 21.2. The SMILES string of the molecule is CC(c1nccs1)N1CCN(C(=O)COc2ccc3ccccc3c2)CC1. The van der Waals surface area contributed by atoms with Gasteiger partial charge in [-0.2, -0.15) is 0 Å². The molecule has 1 amide bonds. The summed E-state index contributed by atoms with van der Waals surface area (Å²) in [5.74, 6) is 0.780. The highest BCUT2D eigenvalue weighted by atomic mass is 32.1. The van der Waals surface area contributed by atoms with Gasteiger partial charge in [-0.25, -0.2) is 4.98 Å². The number of carbonyl (C=O) groups is 1. The molecule has 1 aromatic heterocycles. The molecule has 0 bridgehead atoms. The van der Waals surface area contributed by atoms with Crippen LogP contribution >= 0.6 is 11.3 Å². The molecule has 27 heavy (non-hydrogen) atoms. The van der Waals surface area contributed by atoms with Crippen molar-refractivity contribution in [3.63, 3.8) is 0 Å². The molecule has 0 radical (unpaired) electrons. The van der Waals surface area contributed by atoms with E-state index in [2.05, 4.69) is 22.9 Å². The number of hydrogen-bond donors (Lipinski definition) is 0. The summed E-state index contributed by atoms with van der Waals surface area (Å²) in [6, 6.07) is 14.4. The summed E-state index contributed by atoms with van der Waals surface area (Å²) < 4.78 is 5.75. The highest BCUT2D eigenvalue weighted by Gasteiger charge is 2.25. The first-order chi connectivity index (χ1) is 13.2. The van der Waals surface area contributed by atoms with E-state index in [0.717, 1.165) is 42.3 Å². The molecule has 0 N–H and O–H groups in total. The Morgan fingerprint density at radius 2 is 1.93 bits per heavy atom. The molecular formula is C21H23N3O2S. The summed E-state index contributed by atoms with van der Waals surface area (Å²) in [5.41, 5.74) is 0. The van der Waals surface area contributed by atoms with E-state index in [4.69, 9.17) is 4.74 Å². The van der Waals surface area contributed by atoms with E-state index in [-0.39, 0.29) is 12.5 Å². The van der Waals surface area contributed by atoms with E-state index in [1.54, 1.807) is 11.3 Å². The van der Waals surface area contributed by atoms with Crippen LogP contribution in [0.1, 0.15) is 18.0 Å². The van der Waals surface area contributed by atoms with E-state index < -0.39 is 0 Å². The van der Waals surface area contributed by atoms with E-state index in [1.807, 2.05) is 52.9 Å². The van der Waals surface area contributed by atoms with Gasteiger partial charge in [0, 0.05) is 37.8 Å². The Labute approximate surface area is 163 Å². The predicted octanol–water partition coefficient (Wildman–Crippen LogP) is 3.58. The topological polar surface area (TPSA) is 45.7 Å². The van der Waals surface area contributed by atoms with Crippen LogP contribution in [0.25, 0.3) is 10.8 Å². The van der Waals surface area contributed by atoms with Crippen molar-refractivity contribution in [1.82, 2.24) is 14.8 Å². The van der Waals surface area contributed by atoms with Gasteiger partial charge in [-0.05, 0) is 29.8 Å². The highest BCUT2D eigenvalue weighted by Crippen LogP contribution is 2.23. The standard InChI is InChI=1S/C21H23N3O2S/c1-16(21-22-8-13-27-21)23-9-11-24(12-10-23)20(25)15-26-19-7-6-17-4-2-3-5-18(17)14-19/h2-8,13-14,16H,9-12,15H2,1H3. The van der Waals surface area contributed by atoms with Gasteiger partial charge in [-0.3, -0.25) is 9.69 Å². The van der Waals surface area contributed by atoms with E-state index in [0.29, 0.717) is 6.04 Å². The minimum absolute atomic E-state index is 0.0460. The monoisotopic (exact) mass is 381 g/mol. The second-order valence-electron chi connectivity index (χ2n) is 6.76. The van der Waals surface area contributed by atoms with Crippen LogP contribution in [0.4, 0.5) is 0 Å². The molecule has 0 aliphatic carbocycles. The number of amides is 1. The van der Waals surface area contributed by atoms with Crippen LogP contribution in [0.5, 0.6) is 5.75 Å². The number of rotatable bonds is 5. The molecular weight excluding hydrogens is 358 g/mol. The Kier molecular flexibility index (Phi) is 5.36. The predicted molar refractivity (Wildman–Crippen MR) is 108 cm³/mol. The molecule has 140 valence electrons. The van der Waals surface area contributed by atoms with Gasteiger partial charge in [0.15, 0.2) is 6.61 Å². The first-order valence-electron chi connectivity index (χ1n) is 9.23. The average molecular weight is 382 g/mol. The van der Waals surface area contributed by atoms with Crippen molar-refractivity contribution >= 4 is 28.0 Å². The summed E-state index contributed by atoms with van der Waals surface area (Å²) in [6.07, 6.45) is 1.85. The lowest BCUT2D eigenvalue weighted by Crippen LogP contribution is -2.50. The summed E-state index contributed by atoms with van der Waals surface area (Å²) >= 11 is 1.68. The maximum atomic E-state index is 12.5. The normalized spacial score (nSPS) is 16.4. The second kappa shape index (κ2) is 8.06. The molecule has 2 aromatic carbocycles. The van der Waals surface area contributed by atoms with Gasteiger partial charge in [0.1, 0.15) is 10.8 Å². The minimum atomic E-state index is 0.0460. The van der Waals surface area contributed by atoms with Crippen molar-refractivity contribution in [3.8, 4) is 5.75 Å². The van der Waals surface area contributed by atoms with Crippen molar-refractivity contribution in [2.45, 2.75) is 13.0 Å². The quantitative estimate of drug-likeness (QED) is 0.678. The number of aromatic nitrogens is 1. The smallest absolute Gasteiger partial charge is 0.260 e. The van der Waals surface area contributed by atoms with Crippen LogP contribution in [0.3, 0.4) is 0 Å². The van der Waals surface area contributed by atoms with Gasteiger partial charge in [0.25, 0.3) is 5.91 Å². The van der Waals surface area contributed by atoms with Crippen molar-refractivity contribution in [3.05, 3.63) is 59.0 Å². The third kappa shape index (κ3) is 4.12.